The molecular formula is C17H29FO2. The van der Waals surface area contributed by atoms with Gasteiger partial charge < -0.3 is 9.47 Å². The zero-order chi connectivity index (χ0) is 15.9. The van der Waals surface area contributed by atoms with Gasteiger partial charge in [-0.1, -0.05) is 41.5 Å². The van der Waals surface area contributed by atoms with Gasteiger partial charge in [0.05, 0.1) is 13.7 Å². The summed E-state index contributed by atoms with van der Waals surface area (Å²) in [6.45, 7) is 14.4. The Morgan fingerprint density at radius 3 is 2.00 bits per heavy atom. The third-order valence-corrected chi connectivity index (χ3v) is 2.97. The quantitative estimate of drug-likeness (QED) is 0.710. The number of ether oxygens (including phenoxy) is 2. The SMILES string of the molecule is CC.CCOc1c(OC)cc(C(C)C)c(C(C)C)c1F. The fraction of sp³-hybridized carbons (Fsp3) is 0.647. The Kier molecular flexibility index (Phi) is 8.28. The van der Waals surface area contributed by atoms with E-state index in [9.17, 15) is 4.39 Å². The van der Waals surface area contributed by atoms with Crippen molar-refractivity contribution in [3.8, 4) is 11.5 Å². The van der Waals surface area contributed by atoms with Crippen LogP contribution >= 0.6 is 0 Å². The fourth-order valence-electron chi connectivity index (χ4n) is 2.14. The number of benzene rings is 1. The van der Waals surface area contributed by atoms with Gasteiger partial charge >= 0.3 is 0 Å². The van der Waals surface area contributed by atoms with E-state index < -0.39 is 0 Å². The predicted molar refractivity (Wildman–Crippen MR) is 83.6 cm³/mol. The van der Waals surface area contributed by atoms with E-state index in [1.807, 2.05) is 40.7 Å². The molecule has 0 bridgehead atoms. The maximum absolute atomic E-state index is 14.6. The zero-order valence-corrected chi connectivity index (χ0v) is 14.1. The molecule has 0 aliphatic carbocycles. The molecule has 0 atom stereocenters. The molecule has 3 heteroatoms. The maximum Gasteiger partial charge on any atom is 0.197 e. The molecular weight excluding hydrogens is 255 g/mol. The standard InChI is InChI=1S/C15H23FO2.C2H6/c1-7-18-15-12(17-6)8-11(9(2)3)13(10(4)5)14(15)16;1-2/h8-10H,7H2,1-6H3;1-2H3. The summed E-state index contributed by atoms with van der Waals surface area (Å²) in [6.07, 6.45) is 0. The molecule has 0 unspecified atom stereocenters. The van der Waals surface area contributed by atoms with Gasteiger partial charge in [-0.15, -0.1) is 0 Å². The van der Waals surface area contributed by atoms with Crippen molar-refractivity contribution < 1.29 is 13.9 Å². The van der Waals surface area contributed by atoms with E-state index in [4.69, 9.17) is 9.47 Å². The molecule has 0 radical (unpaired) electrons. The molecule has 0 aliphatic rings. The summed E-state index contributed by atoms with van der Waals surface area (Å²) in [7, 11) is 1.54. The van der Waals surface area contributed by atoms with Gasteiger partial charge in [-0.3, -0.25) is 0 Å². The van der Waals surface area contributed by atoms with Crippen molar-refractivity contribution in [2.75, 3.05) is 13.7 Å². The van der Waals surface area contributed by atoms with Crippen LogP contribution in [0, 0.1) is 5.82 Å². The fourth-order valence-corrected chi connectivity index (χ4v) is 2.14. The van der Waals surface area contributed by atoms with E-state index in [0.29, 0.717) is 12.4 Å². The van der Waals surface area contributed by atoms with Crippen LogP contribution in [0.5, 0.6) is 11.5 Å². The van der Waals surface area contributed by atoms with Crippen molar-refractivity contribution in [1.29, 1.82) is 0 Å². The summed E-state index contributed by atoms with van der Waals surface area (Å²) in [6, 6.07) is 1.90. The molecule has 0 amide bonds. The van der Waals surface area contributed by atoms with E-state index in [0.717, 1.165) is 11.1 Å². The van der Waals surface area contributed by atoms with Crippen molar-refractivity contribution in [2.24, 2.45) is 0 Å². The second kappa shape index (κ2) is 8.83. The number of hydrogen-bond acceptors (Lipinski definition) is 2. The van der Waals surface area contributed by atoms with Crippen LogP contribution in [0.1, 0.15) is 71.4 Å². The molecule has 0 saturated heterocycles. The lowest BCUT2D eigenvalue weighted by Gasteiger charge is -2.21. The number of hydrogen-bond donors (Lipinski definition) is 0. The highest BCUT2D eigenvalue weighted by atomic mass is 19.1. The molecule has 0 aliphatic heterocycles. The Labute approximate surface area is 123 Å². The van der Waals surface area contributed by atoms with E-state index in [1.54, 1.807) is 0 Å². The summed E-state index contributed by atoms with van der Waals surface area (Å²) in [5, 5.41) is 0. The second-order valence-electron chi connectivity index (χ2n) is 4.97. The summed E-state index contributed by atoms with van der Waals surface area (Å²) in [5.41, 5.74) is 1.72. The van der Waals surface area contributed by atoms with E-state index in [1.165, 1.54) is 7.11 Å². The summed E-state index contributed by atoms with van der Waals surface area (Å²) >= 11 is 0. The lowest BCUT2D eigenvalue weighted by atomic mass is 9.89. The zero-order valence-electron chi connectivity index (χ0n) is 14.1. The highest BCUT2D eigenvalue weighted by Crippen LogP contribution is 2.40. The third-order valence-electron chi connectivity index (χ3n) is 2.97. The van der Waals surface area contributed by atoms with Crippen LogP contribution in [0.15, 0.2) is 6.07 Å². The van der Waals surface area contributed by atoms with Gasteiger partial charge in [0.25, 0.3) is 0 Å². The molecule has 0 fully saturated rings. The van der Waals surface area contributed by atoms with Crippen molar-refractivity contribution in [3.05, 3.63) is 23.0 Å². The average Bonchev–Trinajstić information content (AvgIpc) is 2.42. The van der Waals surface area contributed by atoms with Gasteiger partial charge in [-0.25, -0.2) is 4.39 Å². The second-order valence-corrected chi connectivity index (χ2v) is 4.97. The molecule has 116 valence electrons. The molecule has 1 rings (SSSR count). The average molecular weight is 284 g/mol. The number of methoxy groups -OCH3 is 1. The summed E-state index contributed by atoms with van der Waals surface area (Å²) < 4.78 is 25.2. The third kappa shape index (κ3) is 4.12. The van der Waals surface area contributed by atoms with Crippen LogP contribution in [0.25, 0.3) is 0 Å². The Hall–Kier alpha value is -1.25. The summed E-state index contributed by atoms with van der Waals surface area (Å²) in [4.78, 5) is 0. The van der Waals surface area contributed by atoms with Crippen molar-refractivity contribution in [3.63, 3.8) is 0 Å². The number of rotatable bonds is 5. The van der Waals surface area contributed by atoms with E-state index >= 15 is 0 Å². The molecule has 1 aromatic rings. The Bertz CT molecular complexity index is 412. The summed E-state index contributed by atoms with van der Waals surface area (Å²) in [5.74, 6) is 0.791. The largest absolute Gasteiger partial charge is 0.493 e. The normalized spacial score (nSPS) is 10.3. The van der Waals surface area contributed by atoms with Gasteiger partial charge in [-0.2, -0.15) is 0 Å². The molecule has 0 aromatic heterocycles. The molecule has 0 heterocycles. The van der Waals surface area contributed by atoms with Crippen LogP contribution in [-0.2, 0) is 0 Å². The van der Waals surface area contributed by atoms with E-state index in [-0.39, 0.29) is 23.4 Å². The van der Waals surface area contributed by atoms with Gasteiger partial charge in [0.15, 0.2) is 17.3 Å². The van der Waals surface area contributed by atoms with Crippen molar-refractivity contribution in [2.45, 2.75) is 60.3 Å². The van der Waals surface area contributed by atoms with Gasteiger partial charge in [0.2, 0.25) is 0 Å². The van der Waals surface area contributed by atoms with E-state index in [2.05, 4.69) is 13.8 Å². The molecule has 0 saturated carbocycles. The Morgan fingerprint density at radius 2 is 1.65 bits per heavy atom. The topological polar surface area (TPSA) is 18.5 Å². The highest BCUT2D eigenvalue weighted by Gasteiger charge is 2.23. The Balaban J connectivity index is 0.00000172. The van der Waals surface area contributed by atoms with Gasteiger partial charge in [-0.05, 0) is 36.0 Å². The minimum Gasteiger partial charge on any atom is -0.493 e. The lowest BCUT2D eigenvalue weighted by molar-refractivity contribution is 0.292. The first-order chi connectivity index (χ1) is 9.43. The first-order valence-electron chi connectivity index (χ1n) is 7.47. The number of halogens is 1. The predicted octanol–water partition coefficient (Wildman–Crippen LogP) is 5.51. The molecule has 0 spiro atoms. The van der Waals surface area contributed by atoms with Crippen LogP contribution < -0.4 is 9.47 Å². The first kappa shape index (κ1) is 18.8. The monoisotopic (exact) mass is 284 g/mol. The smallest absolute Gasteiger partial charge is 0.197 e. The minimum atomic E-state index is -0.282. The maximum atomic E-state index is 14.6. The van der Waals surface area contributed by atoms with Gasteiger partial charge in [0.1, 0.15) is 0 Å². The van der Waals surface area contributed by atoms with Crippen LogP contribution in [-0.4, -0.2) is 13.7 Å². The van der Waals surface area contributed by atoms with Crippen molar-refractivity contribution >= 4 is 0 Å². The van der Waals surface area contributed by atoms with Crippen LogP contribution in [0.2, 0.25) is 0 Å². The lowest BCUT2D eigenvalue weighted by Crippen LogP contribution is -2.07. The molecule has 2 nitrogen and oxygen atoms in total. The molecule has 1 aromatic carbocycles. The van der Waals surface area contributed by atoms with Crippen molar-refractivity contribution in [1.82, 2.24) is 0 Å². The first-order valence-corrected chi connectivity index (χ1v) is 7.47. The molecule has 20 heavy (non-hydrogen) atoms. The minimum absolute atomic E-state index is 0.118. The highest BCUT2D eigenvalue weighted by molar-refractivity contribution is 5.51. The molecule has 0 N–H and O–H groups in total. The van der Waals surface area contributed by atoms with Gasteiger partial charge in [0, 0.05) is 0 Å². The van der Waals surface area contributed by atoms with Crippen LogP contribution in [0.3, 0.4) is 0 Å². The Morgan fingerprint density at radius 1 is 1.10 bits per heavy atom. The van der Waals surface area contributed by atoms with Crippen LogP contribution in [0.4, 0.5) is 4.39 Å².